The van der Waals surface area contributed by atoms with Gasteiger partial charge in [0.1, 0.15) is 0 Å². The van der Waals surface area contributed by atoms with E-state index in [2.05, 4.69) is 11.6 Å². The van der Waals surface area contributed by atoms with Crippen LogP contribution in [0.2, 0.25) is 0 Å². The Balaban J connectivity index is 2.42. The van der Waals surface area contributed by atoms with Gasteiger partial charge >= 0.3 is 5.69 Å². The van der Waals surface area contributed by atoms with Crippen molar-refractivity contribution >= 4 is 10.9 Å². The summed E-state index contributed by atoms with van der Waals surface area (Å²) in [7, 11) is 0. The van der Waals surface area contributed by atoms with Crippen molar-refractivity contribution < 1.29 is 0 Å². The van der Waals surface area contributed by atoms with Gasteiger partial charge in [0.2, 0.25) is 0 Å². The van der Waals surface area contributed by atoms with Gasteiger partial charge in [-0.2, -0.15) is 4.98 Å². The minimum absolute atomic E-state index is 0.170. The van der Waals surface area contributed by atoms with Crippen LogP contribution in [0.1, 0.15) is 18.4 Å². The third kappa shape index (κ3) is 2.44. The lowest BCUT2D eigenvalue weighted by Gasteiger charge is -2.06. The predicted octanol–water partition coefficient (Wildman–Crippen LogP) is 2.67. The van der Waals surface area contributed by atoms with Gasteiger partial charge in [0.05, 0.1) is 5.52 Å². The molecule has 0 atom stereocenters. The highest BCUT2D eigenvalue weighted by Crippen LogP contribution is 2.13. The normalized spacial score (nSPS) is 10.6. The van der Waals surface area contributed by atoms with Crippen molar-refractivity contribution in [2.24, 2.45) is 0 Å². The first-order chi connectivity index (χ1) is 8.22. The van der Waals surface area contributed by atoms with Crippen LogP contribution in [0.5, 0.6) is 0 Å². The molecular formula is C14H16N2O. The molecule has 0 aliphatic carbocycles. The molecule has 88 valence electrons. The number of hydrogen-bond acceptors (Lipinski definition) is 2. The number of allylic oxidation sites excluding steroid dienone is 1. The number of hydrogen-bond donors (Lipinski definition) is 0. The summed E-state index contributed by atoms with van der Waals surface area (Å²) in [5.41, 5.74) is 1.67. The van der Waals surface area contributed by atoms with Crippen molar-refractivity contribution in [3.8, 4) is 0 Å². The van der Waals surface area contributed by atoms with Crippen molar-refractivity contribution in [2.45, 2.75) is 26.3 Å². The first kappa shape index (κ1) is 11.6. The van der Waals surface area contributed by atoms with Gasteiger partial charge in [0.15, 0.2) is 0 Å². The standard InChI is InChI=1S/C14H16N2O/c1-3-4-5-9-16-10-12-8-6-7-11(2)13(12)15-14(16)17/h3,6-8,10H,1,4-5,9H2,2H3. The highest BCUT2D eigenvalue weighted by Gasteiger charge is 2.03. The highest BCUT2D eigenvalue weighted by atomic mass is 16.1. The number of para-hydroxylation sites is 1. The molecule has 1 heterocycles. The average Bonchev–Trinajstić information content (AvgIpc) is 2.31. The van der Waals surface area contributed by atoms with Gasteiger partial charge in [-0.3, -0.25) is 4.57 Å². The molecule has 1 aromatic heterocycles. The number of aromatic nitrogens is 2. The summed E-state index contributed by atoms with van der Waals surface area (Å²) in [5.74, 6) is 0. The second-order valence-electron chi connectivity index (χ2n) is 4.16. The molecule has 0 N–H and O–H groups in total. The van der Waals surface area contributed by atoms with Crippen LogP contribution in [0.15, 0.2) is 41.8 Å². The molecule has 1 aromatic carbocycles. The maximum atomic E-state index is 11.8. The Hall–Kier alpha value is -1.90. The van der Waals surface area contributed by atoms with Gasteiger partial charge in [-0.25, -0.2) is 4.79 Å². The molecule has 0 aliphatic rings. The molecule has 0 unspecified atom stereocenters. The Morgan fingerprint density at radius 2 is 2.29 bits per heavy atom. The molecule has 0 saturated heterocycles. The fourth-order valence-corrected chi connectivity index (χ4v) is 1.89. The Labute approximate surface area is 100 Å². The van der Waals surface area contributed by atoms with Crippen molar-refractivity contribution in [2.75, 3.05) is 0 Å². The molecule has 17 heavy (non-hydrogen) atoms. The molecule has 0 aliphatic heterocycles. The summed E-state index contributed by atoms with van der Waals surface area (Å²) in [4.78, 5) is 15.9. The SMILES string of the molecule is C=CCCCn1cc2cccc(C)c2nc1=O. The third-order valence-corrected chi connectivity index (χ3v) is 2.82. The molecule has 3 nitrogen and oxygen atoms in total. The lowest BCUT2D eigenvalue weighted by molar-refractivity contribution is 0.619. The topological polar surface area (TPSA) is 34.9 Å². The minimum Gasteiger partial charge on any atom is -0.299 e. The summed E-state index contributed by atoms with van der Waals surface area (Å²) in [5, 5.41) is 1.02. The summed E-state index contributed by atoms with van der Waals surface area (Å²) in [6, 6.07) is 5.94. The second kappa shape index (κ2) is 4.95. The van der Waals surface area contributed by atoms with E-state index in [-0.39, 0.29) is 5.69 Å². The average molecular weight is 228 g/mol. The first-order valence-corrected chi connectivity index (χ1v) is 5.80. The highest BCUT2D eigenvalue weighted by molar-refractivity contribution is 5.80. The third-order valence-electron chi connectivity index (χ3n) is 2.82. The van der Waals surface area contributed by atoms with Crippen LogP contribution in [-0.2, 0) is 6.54 Å². The van der Waals surface area contributed by atoms with Crippen molar-refractivity contribution in [3.63, 3.8) is 0 Å². The van der Waals surface area contributed by atoms with E-state index in [9.17, 15) is 4.79 Å². The summed E-state index contributed by atoms with van der Waals surface area (Å²) >= 11 is 0. The Morgan fingerprint density at radius 3 is 3.06 bits per heavy atom. The van der Waals surface area contributed by atoms with Gasteiger partial charge in [-0.05, 0) is 25.3 Å². The Bertz CT molecular complexity index is 599. The van der Waals surface area contributed by atoms with Crippen LogP contribution in [0.25, 0.3) is 10.9 Å². The molecule has 2 rings (SSSR count). The number of benzene rings is 1. The predicted molar refractivity (Wildman–Crippen MR) is 70.2 cm³/mol. The molecule has 0 amide bonds. The summed E-state index contributed by atoms with van der Waals surface area (Å²) in [6.07, 6.45) is 5.59. The maximum Gasteiger partial charge on any atom is 0.348 e. The molecule has 0 radical (unpaired) electrons. The van der Waals surface area contributed by atoms with E-state index in [0.717, 1.165) is 29.3 Å². The monoisotopic (exact) mass is 228 g/mol. The van der Waals surface area contributed by atoms with Gasteiger partial charge in [0.25, 0.3) is 0 Å². The van der Waals surface area contributed by atoms with E-state index in [1.54, 1.807) is 4.57 Å². The fraction of sp³-hybridized carbons (Fsp3) is 0.286. The van der Waals surface area contributed by atoms with Crippen molar-refractivity contribution in [1.29, 1.82) is 0 Å². The minimum atomic E-state index is -0.170. The molecule has 0 spiro atoms. The number of rotatable bonds is 4. The van der Waals surface area contributed by atoms with Crippen molar-refractivity contribution in [1.82, 2.24) is 9.55 Å². The fourth-order valence-electron chi connectivity index (χ4n) is 1.89. The van der Waals surface area contributed by atoms with Crippen molar-refractivity contribution in [3.05, 3.63) is 53.1 Å². The van der Waals surface area contributed by atoms with Gasteiger partial charge in [-0.1, -0.05) is 24.3 Å². The van der Waals surface area contributed by atoms with Gasteiger partial charge < -0.3 is 0 Å². The first-order valence-electron chi connectivity index (χ1n) is 5.80. The van der Waals surface area contributed by atoms with E-state index in [4.69, 9.17) is 0 Å². The van der Waals surface area contributed by atoms with E-state index >= 15 is 0 Å². The number of nitrogens with zero attached hydrogens (tertiary/aromatic N) is 2. The van der Waals surface area contributed by atoms with Crippen LogP contribution >= 0.6 is 0 Å². The van der Waals surface area contributed by atoms with Crippen LogP contribution in [0.4, 0.5) is 0 Å². The smallest absolute Gasteiger partial charge is 0.299 e. The zero-order chi connectivity index (χ0) is 12.3. The summed E-state index contributed by atoms with van der Waals surface area (Å²) in [6.45, 7) is 6.34. The zero-order valence-corrected chi connectivity index (χ0v) is 10.0. The number of unbranched alkanes of at least 4 members (excludes halogenated alkanes) is 1. The Morgan fingerprint density at radius 1 is 1.47 bits per heavy atom. The zero-order valence-electron chi connectivity index (χ0n) is 10.0. The number of aryl methyl sites for hydroxylation is 2. The largest absolute Gasteiger partial charge is 0.348 e. The van der Waals surface area contributed by atoms with Crippen LogP contribution < -0.4 is 5.69 Å². The molecule has 3 heteroatoms. The second-order valence-corrected chi connectivity index (χ2v) is 4.16. The van der Waals surface area contributed by atoms with Gasteiger partial charge in [0, 0.05) is 18.1 Å². The van der Waals surface area contributed by atoms with E-state index in [1.165, 1.54) is 0 Å². The molecular weight excluding hydrogens is 212 g/mol. The van der Waals surface area contributed by atoms with Crippen LogP contribution in [-0.4, -0.2) is 9.55 Å². The molecule has 0 fully saturated rings. The lowest BCUT2D eigenvalue weighted by atomic mass is 10.1. The van der Waals surface area contributed by atoms with E-state index in [0.29, 0.717) is 6.54 Å². The maximum absolute atomic E-state index is 11.8. The van der Waals surface area contributed by atoms with E-state index in [1.807, 2.05) is 37.4 Å². The van der Waals surface area contributed by atoms with Crippen LogP contribution in [0, 0.1) is 6.92 Å². The van der Waals surface area contributed by atoms with Crippen LogP contribution in [0.3, 0.4) is 0 Å². The van der Waals surface area contributed by atoms with Gasteiger partial charge in [-0.15, -0.1) is 6.58 Å². The molecule has 0 bridgehead atoms. The lowest BCUT2D eigenvalue weighted by Crippen LogP contribution is -2.22. The molecule has 2 aromatic rings. The molecule has 0 saturated carbocycles. The Kier molecular flexibility index (Phi) is 3.38. The van der Waals surface area contributed by atoms with E-state index < -0.39 is 0 Å². The summed E-state index contributed by atoms with van der Waals surface area (Å²) < 4.78 is 1.67. The quantitative estimate of drug-likeness (QED) is 0.595. The number of fused-ring (bicyclic) bond motifs is 1.